The van der Waals surface area contributed by atoms with Gasteiger partial charge in [0.05, 0.1) is 30.7 Å². The zero-order chi connectivity index (χ0) is 24.1. The molecule has 5 aliphatic rings. The van der Waals surface area contributed by atoms with Gasteiger partial charge in [-0.2, -0.15) is 0 Å². The molecule has 10 nitrogen and oxygen atoms in total. The van der Waals surface area contributed by atoms with Crippen molar-refractivity contribution < 1.29 is 24.6 Å². The van der Waals surface area contributed by atoms with Crippen LogP contribution in [0.4, 0.5) is 0 Å². The second-order valence-electron chi connectivity index (χ2n) is 9.53. The van der Waals surface area contributed by atoms with E-state index in [9.17, 15) is 24.6 Å². The number of aliphatic imine (C=N–C) groups is 1. The summed E-state index contributed by atoms with van der Waals surface area (Å²) in [6, 6.07) is -0.594. The van der Waals surface area contributed by atoms with Gasteiger partial charge in [0.25, 0.3) is 0 Å². The third-order valence-corrected chi connectivity index (χ3v) is 9.97. The number of carbonyl (C=O) groups is 3. The monoisotopic (exact) mass is 509 g/mol. The molecule has 5 rings (SSSR count). The summed E-state index contributed by atoms with van der Waals surface area (Å²) in [6.45, 7) is 7.93. The molecule has 5 heterocycles. The lowest BCUT2D eigenvalue weighted by molar-refractivity contribution is -0.163. The molecule has 3 saturated heterocycles. The van der Waals surface area contributed by atoms with Crippen molar-refractivity contribution in [3.05, 3.63) is 10.6 Å². The highest BCUT2D eigenvalue weighted by Crippen LogP contribution is 2.51. The van der Waals surface area contributed by atoms with Crippen LogP contribution < -0.4 is 5.32 Å². The molecule has 0 bridgehead atoms. The molecule has 3 fully saturated rings. The number of thioether (sulfide) groups is 2. The van der Waals surface area contributed by atoms with E-state index in [1.165, 1.54) is 16.7 Å². The van der Waals surface area contributed by atoms with Crippen LogP contribution in [0.15, 0.2) is 15.6 Å². The molecule has 5 aliphatic heterocycles. The molecule has 0 aliphatic carbocycles. The van der Waals surface area contributed by atoms with Crippen LogP contribution in [0.5, 0.6) is 0 Å². The maximum absolute atomic E-state index is 13.1. The second kappa shape index (κ2) is 9.36. The molecule has 12 heteroatoms. The third-order valence-electron chi connectivity index (χ3n) is 7.42. The molecule has 34 heavy (non-hydrogen) atoms. The number of rotatable bonds is 5. The van der Waals surface area contributed by atoms with Crippen LogP contribution in [-0.2, 0) is 14.4 Å². The summed E-state index contributed by atoms with van der Waals surface area (Å²) in [5, 5.41) is 24.3. The number of piperazine rings is 1. The van der Waals surface area contributed by atoms with Gasteiger partial charge in [0.1, 0.15) is 5.70 Å². The summed E-state index contributed by atoms with van der Waals surface area (Å²) in [5.74, 6) is -1.03. The van der Waals surface area contributed by atoms with Gasteiger partial charge < -0.3 is 30.2 Å². The summed E-state index contributed by atoms with van der Waals surface area (Å²) >= 11 is 3.25. The highest BCUT2D eigenvalue weighted by Gasteiger charge is 2.60. The number of fused-ring (bicyclic) bond motifs is 1. The maximum Gasteiger partial charge on any atom is 0.353 e. The first-order valence-electron chi connectivity index (χ1n) is 11.9. The van der Waals surface area contributed by atoms with Gasteiger partial charge in [-0.1, -0.05) is 18.7 Å². The lowest BCUT2D eigenvalue weighted by Crippen LogP contribution is -2.63. The standard InChI is InChI=1S/C22H31N5O5S2/c1-11-16-15(12(2)28)20(30)27(16)17(21(31)32)18(11)34-13-9-14(24-10-13)19(29)25-4-6-26(7-5-25)22-23-3-8-33-22/h11-16,24,28H,3-10H2,1-2H3,(H,31,32)/t11-,12-,13+,14+,15-,16-/m1/s1. The molecule has 2 amide bonds. The Hall–Kier alpha value is -1.76. The lowest BCUT2D eigenvalue weighted by Gasteiger charge is -2.46. The molecule has 6 atom stereocenters. The molecule has 186 valence electrons. The predicted octanol–water partition coefficient (Wildman–Crippen LogP) is -0.149. The number of carboxylic acids is 1. The number of carbonyl (C=O) groups excluding carboxylic acids is 2. The maximum atomic E-state index is 13.1. The van der Waals surface area contributed by atoms with Crippen molar-refractivity contribution in [1.82, 2.24) is 20.0 Å². The summed E-state index contributed by atoms with van der Waals surface area (Å²) in [6.07, 6.45) is -0.195. The van der Waals surface area contributed by atoms with Crippen molar-refractivity contribution in [3.8, 4) is 0 Å². The normalized spacial score (nSPS) is 34.3. The number of amidine groups is 1. The number of aliphatic hydroxyl groups is 1. The van der Waals surface area contributed by atoms with Crippen LogP contribution in [0, 0.1) is 11.8 Å². The number of β-lactam (4-membered cyclic amide) rings is 1. The predicted molar refractivity (Wildman–Crippen MR) is 130 cm³/mol. The SMILES string of the molecule is C[C@@H](O)[C@H]1C(=O)N2C(C(=O)O)=C(S[C@@H]3CN[C@H](C(=O)N4CCN(C5=NCCS5)CC4)C3)[C@H](C)[C@H]12. The fourth-order valence-corrected chi connectivity index (χ4v) is 8.08. The zero-order valence-electron chi connectivity index (χ0n) is 19.3. The van der Waals surface area contributed by atoms with E-state index in [0.717, 1.165) is 30.6 Å². The van der Waals surface area contributed by atoms with E-state index < -0.39 is 18.0 Å². The van der Waals surface area contributed by atoms with Gasteiger partial charge in [0, 0.05) is 54.5 Å². The molecule has 0 radical (unpaired) electrons. The van der Waals surface area contributed by atoms with Crippen molar-refractivity contribution in [2.75, 3.05) is 45.0 Å². The zero-order valence-corrected chi connectivity index (χ0v) is 21.0. The van der Waals surface area contributed by atoms with Crippen LogP contribution in [0.25, 0.3) is 0 Å². The smallest absolute Gasteiger partial charge is 0.353 e. The first-order chi connectivity index (χ1) is 16.3. The molecular weight excluding hydrogens is 478 g/mol. The minimum atomic E-state index is -1.12. The van der Waals surface area contributed by atoms with Crippen molar-refractivity contribution in [3.63, 3.8) is 0 Å². The molecule has 0 aromatic heterocycles. The molecule has 0 spiro atoms. The first kappa shape index (κ1) is 24.0. The summed E-state index contributed by atoms with van der Waals surface area (Å²) < 4.78 is 0. The number of amides is 2. The summed E-state index contributed by atoms with van der Waals surface area (Å²) in [5.41, 5.74) is 0.0444. The van der Waals surface area contributed by atoms with E-state index in [2.05, 4.69) is 15.2 Å². The largest absolute Gasteiger partial charge is 0.477 e. The van der Waals surface area contributed by atoms with Crippen molar-refractivity contribution in [2.45, 2.75) is 43.7 Å². The van der Waals surface area contributed by atoms with E-state index in [0.29, 0.717) is 31.0 Å². The number of aliphatic hydroxyl groups excluding tert-OH is 1. The Morgan fingerprint density at radius 1 is 1.26 bits per heavy atom. The first-order valence-corrected chi connectivity index (χ1v) is 13.7. The molecule has 0 aromatic carbocycles. The van der Waals surface area contributed by atoms with Gasteiger partial charge in [-0.25, -0.2) is 4.79 Å². The van der Waals surface area contributed by atoms with Gasteiger partial charge in [0.2, 0.25) is 11.8 Å². The van der Waals surface area contributed by atoms with Crippen LogP contribution >= 0.6 is 23.5 Å². The van der Waals surface area contributed by atoms with Gasteiger partial charge in [-0.3, -0.25) is 14.6 Å². The van der Waals surface area contributed by atoms with Crippen LogP contribution in [-0.4, -0.2) is 116 Å². The van der Waals surface area contributed by atoms with Crippen LogP contribution in [0.1, 0.15) is 20.3 Å². The Kier molecular flexibility index (Phi) is 6.60. The second-order valence-corrected chi connectivity index (χ2v) is 11.9. The molecular formula is C22H31N5O5S2. The van der Waals surface area contributed by atoms with Gasteiger partial charge in [-0.05, 0) is 13.3 Å². The van der Waals surface area contributed by atoms with Crippen molar-refractivity contribution in [2.24, 2.45) is 16.8 Å². The summed E-state index contributed by atoms with van der Waals surface area (Å²) in [4.78, 5) is 48.4. The van der Waals surface area contributed by atoms with Gasteiger partial charge in [-0.15, -0.1) is 11.8 Å². The van der Waals surface area contributed by atoms with E-state index in [-0.39, 0.29) is 40.8 Å². The molecule has 3 N–H and O–H groups in total. The van der Waals surface area contributed by atoms with E-state index in [4.69, 9.17) is 0 Å². The van der Waals surface area contributed by atoms with Crippen LogP contribution in [0.2, 0.25) is 0 Å². The Labute approximate surface area is 207 Å². The van der Waals surface area contributed by atoms with Gasteiger partial charge in [0.15, 0.2) is 5.17 Å². The van der Waals surface area contributed by atoms with Crippen LogP contribution in [0.3, 0.4) is 0 Å². The van der Waals surface area contributed by atoms with Crippen molar-refractivity contribution >= 4 is 46.5 Å². The van der Waals surface area contributed by atoms with E-state index in [1.54, 1.807) is 18.7 Å². The average Bonchev–Trinajstić information content (AvgIpc) is 3.54. The minimum Gasteiger partial charge on any atom is -0.477 e. The number of nitrogens with zero attached hydrogens (tertiary/aromatic N) is 4. The number of hydrogen-bond acceptors (Lipinski definition) is 9. The molecule has 0 saturated carbocycles. The Morgan fingerprint density at radius 2 is 2.00 bits per heavy atom. The topological polar surface area (TPSA) is 126 Å². The van der Waals surface area contributed by atoms with Gasteiger partial charge >= 0.3 is 5.97 Å². The van der Waals surface area contributed by atoms with E-state index in [1.807, 2.05) is 11.8 Å². The number of aliphatic carboxylic acids is 1. The van der Waals surface area contributed by atoms with E-state index >= 15 is 0 Å². The highest BCUT2D eigenvalue weighted by atomic mass is 32.2. The number of carboxylic acid groups (broad SMARTS) is 1. The summed E-state index contributed by atoms with van der Waals surface area (Å²) in [7, 11) is 0. The third kappa shape index (κ3) is 4.02. The number of nitrogens with one attached hydrogen (secondary N) is 1. The Morgan fingerprint density at radius 3 is 2.62 bits per heavy atom. The number of hydrogen-bond donors (Lipinski definition) is 3. The fraction of sp³-hybridized carbons (Fsp3) is 0.727. The molecule has 0 unspecified atom stereocenters. The lowest BCUT2D eigenvalue weighted by atomic mass is 9.79. The fourth-order valence-electron chi connectivity index (χ4n) is 5.69. The van der Waals surface area contributed by atoms with Crippen molar-refractivity contribution in [1.29, 1.82) is 0 Å². The quantitative estimate of drug-likeness (QED) is 0.434. The highest BCUT2D eigenvalue weighted by molar-refractivity contribution is 8.14. The Bertz CT molecular complexity index is 948. The molecule has 0 aromatic rings. The Balaban J connectivity index is 1.20. The minimum absolute atomic E-state index is 0.0444. The average molecular weight is 510 g/mol.